The van der Waals surface area contributed by atoms with Crippen LogP contribution >= 0.6 is 15.9 Å². The van der Waals surface area contributed by atoms with Crippen molar-refractivity contribution in [2.45, 2.75) is 0 Å². The van der Waals surface area contributed by atoms with Crippen molar-refractivity contribution >= 4 is 126 Å². The summed E-state index contributed by atoms with van der Waals surface area (Å²) >= 11 is 3.73. The highest BCUT2D eigenvalue weighted by atomic mass is 79.9. The normalized spacial score (nSPS) is 12.0. The Morgan fingerprint density at radius 2 is 0.500 bits per heavy atom. The first-order valence-electron chi connectivity index (χ1n) is 24.1. The monoisotopic (exact) mass is 985 g/mol. The molecule has 0 fully saturated rings. The highest BCUT2D eigenvalue weighted by molar-refractivity contribution is 9.10. The molecule has 2 aromatic heterocycles. The summed E-state index contributed by atoms with van der Waals surface area (Å²) in [5.41, 5.74) is 14.7. The molecule has 0 aliphatic heterocycles. The Kier molecular flexibility index (Phi) is 13.5. The van der Waals surface area contributed by atoms with Crippen molar-refractivity contribution in [3.63, 3.8) is 0 Å². The second-order valence-electron chi connectivity index (χ2n) is 17.6. The molecule has 72 heavy (non-hydrogen) atoms. The van der Waals surface area contributed by atoms with Gasteiger partial charge < -0.3 is 4.90 Å². The largest absolute Gasteiger partial charge is 0.311 e. The van der Waals surface area contributed by atoms with Gasteiger partial charge in [0.05, 0.1) is 0 Å². The molecule has 0 spiro atoms. The number of rotatable bonds is 13. The van der Waals surface area contributed by atoms with Gasteiger partial charge in [0.25, 0.3) is 0 Å². The van der Waals surface area contributed by atoms with Crippen LogP contribution in [-0.2, 0) is 0 Å². The first-order chi connectivity index (χ1) is 35.6. The van der Waals surface area contributed by atoms with Gasteiger partial charge >= 0.3 is 0 Å². The van der Waals surface area contributed by atoms with Gasteiger partial charge in [-0.3, -0.25) is 9.97 Å². The van der Waals surface area contributed by atoms with Crippen LogP contribution in [0, 0.1) is 0 Å². The van der Waals surface area contributed by atoms with Crippen molar-refractivity contribution in [1.29, 1.82) is 0 Å². The van der Waals surface area contributed by atoms with E-state index < -0.39 is 0 Å². The summed E-state index contributed by atoms with van der Waals surface area (Å²) < 4.78 is 1.10. The Morgan fingerprint density at radius 1 is 0.250 bits per heavy atom. The van der Waals surface area contributed by atoms with Crippen molar-refractivity contribution in [3.05, 3.63) is 291 Å². The molecule has 3 nitrogen and oxygen atoms in total. The lowest BCUT2D eigenvalue weighted by atomic mass is 9.98. The summed E-state index contributed by atoms with van der Waals surface area (Å²) in [4.78, 5) is 10.6. The maximum absolute atomic E-state index is 4.16. The summed E-state index contributed by atoms with van der Waals surface area (Å²) in [6, 6.07) is 73.4. The van der Waals surface area contributed by atoms with Gasteiger partial charge in [-0.2, -0.15) is 0 Å². The zero-order valence-electron chi connectivity index (χ0n) is 39.4. The fraction of sp³-hybridized carbons (Fsp3) is 0. The number of hydrogen-bond donors (Lipinski definition) is 0. The standard InChI is InChI=1S/C68H48BrN3/c69-68-40-33-58(66-11-5-6-12-67(66)68)26-15-51-22-38-61(39-23-51)72(59-34-18-49(19-35-59)13-24-54-29-31-56(64-9-3-1-7-62(54)64)27-16-52-41-45-70-46-42-52)60-36-20-50(21-37-60)14-25-55-30-32-57(65-10-4-2-8-63(55)65)28-17-53-43-47-71-48-44-53/h1-48H/b24-13+,25-14+,26-15+,27-16+,28-17+. The maximum Gasteiger partial charge on any atom is 0.0462 e. The number of aromatic nitrogens is 2. The topological polar surface area (TPSA) is 29.0 Å². The van der Waals surface area contributed by atoms with Crippen LogP contribution in [0.5, 0.6) is 0 Å². The second-order valence-corrected chi connectivity index (χ2v) is 18.5. The summed E-state index contributed by atoms with van der Waals surface area (Å²) in [6.07, 6.45) is 29.2. The molecule has 0 saturated heterocycles. The molecule has 0 amide bonds. The van der Waals surface area contributed by atoms with E-state index in [2.05, 4.69) is 274 Å². The third-order valence-corrected chi connectivity index (χ3v) is 13.7. The third-order valence-electron chi connectivity index (χ3n) is 13.0. The van der Waals surface area contributed by atoms with E-state index >= 15 is 0 Å². The van der Waals surface area contributed by atoms with E-state index in [1.54, 1.807) is 0 Å². The van der Waals surface area contributed by atoms with Crippen LogP contribution in [0.25, 0.3) is 93.1 Å². The third kappa shape index (κ3) is 10.3. The van der Waals surface area contributed by atoms with Gasteiger partial charge in [-0.1, -0.05) is 216 Å². The SMILES string of the molecule is Brc1ccc(/C=C/c2ccc(N(c3ccc(/C=C/c4ccc(/C=C/c5ccncc5)c5ccccc45)cc3)c3ccc(/C=C/c4ccc(/C=C/c5ccncc5)c5ccccc45)cc3)cc2)c2ccccc12. The molecule has 4 heteroatoms. The van der Waals surface area contributed by atoms with Gasteiger partial charge in [0.15, 0.2) is 0 Å². The number of pyridine rings is 2. The van der Waals surface area contributed by atoms with Crippen molar-refractivity contribution in [3.8, 4) is 0 Å². The van der Waals surface area contributed by atoms with Crippen LogP contribution in [-0.4, -0.2) is 9.97 Å². The molecule has 11 aromatic rings. The molecule has 342 valence electrons. The van der Waals surface area contributed by atoms with Gasteiger partial charge in [0.2, 0.25) is 0 Å². The number of nitrogens with zero attached hydrogens (tertiary/aromatic N) is 3. The van der Waals surface area contributed by atoms with Gasteiger partial charge in [0.1, 0.15) is 0 Å². The molecule has 0 aliphatic rings. The Bertz CT molecular complexity index is 3650. The number of benzene rings is 9. The molecule has 0 bridgehead atoms. The van der Waals surface area contributed by atoms with Crippen molar-refractivity contribution in [1.82, 2.24) is 9.97 Å². The highest BCUT2D eigenvalue weighted by Crippen LogP contribution is 2.37. The van der Waals surface area contributed by atoms with E-state index in [1.165, 1.54) is 60.1 Å². The Hall–Kier alpha value is -8.96. The first-order valence-corrected chi connectivity index (χ1v) is 24.9. The van der Waals surface area contributed by atoms with Crippen molar-refractivity contribution < 1.29 is 0 Å². The van der Waals surface area contributed by atoms with E-state index in [9.17, 15) is 0 Å². The molecule has 0 saturated carbocycles. The Balaban J connectivity index is 0.876. The van der Waals surface area contributed by atoms with Gasteiger partial charge in [-0.25, -0.2) is 0 Å². The van der Waals surface area contributed by atoms with Crippen LogP contribution in [0.15, 0.2) is 236 Å². The molecular weight excluding hydrogens is 939 g/mol. The van der Waals surface area contributed by atoms with Crippen LogP contribution in [0.2, 0.25) is 0 Å². The van der Waals surface area contributed by atoms with E-state index in [4.69, 9.17) is 0 Å². The van der Waals surface area contributed by atoms with Gasteiger partial charge in [-0.05, 0) is 155 Å². The predicted molar refractivity (Wildman–Crippen MR) is 314 cm³/mol. The minimum atomic E-state index is 1.07. The molecule has 9 aromatic carbocycles. The maximum atomic E-state index is 4.16. The van der Waals surface area contributed by atoms with Gasteiger partial charge in [-0.15, -0.1) is 0 Å². The predicted octanol–water partition coefficient (Wildman–Crippen LogP) is 19.0. The number of hydrogen-bond acceptors (Lipinski definition) is 3. The summed E-state index contributed by atoms with van der Waals surface area (Å²) in [6.45, 7) is 0. The smallest absolute Gasteiger partial charge is 0.0462 e. The van der Waals surface area contributed by atoms with E-state index in [0.717, 1.165) is 49.4 Å². The number of fused-ring (bicyclic) bond motifs is 3. The average molecular weight is 987 g/mol. The average Bonchev–Trinajstić information content (AvgIpc) is 3.44. The Labute approximate surface area is 429 Å². The first kappa shape index (κ1) is 45.5. The lowest BCUT2D eigenvalue weighted by Crippen LogP contribution is -2.09. The quantitative estimate of drug-likeness (QED) is 0.108. The molecule has 2 heterocycles. The highest BCUT2D eigenvalue weighted by Gasteiger charge is 2.13. The minimum Gasteiger partial charge on any atom is -0.311 e. The lowest BCUT2D eigenvalue weighted by molar-refractivity contribution is 1.28. The molecule has 0 aliphatic carbocycles. The summed E-state index contributed by atoms with van der Waals surface area (Å²) in [5.74, 6) is 0. The van der Waals surface area contributed by atoms with Crippen LogP contribution in [0.4, 0.5) is 17.1 Å². The molecule has 0 unspecified atom stereocenters. The van der Waals surface area contributed by atoms with E-state index in [0.29, 0.717) is 0 Å². The van der Waals surface area contributed by atoms with E-state index in [1.807, 2.05) is 49.1 Å². The lowest BCUT2D eigenvalue weighted by Gasteiger charge is -2.26. The number of halogens is 1. The minimum absolute atomic E-state index is 1.07. The summed E-state index contributed by atoms with van der Waals surface area (Å²) in [5, 5.41) is 7.28. The molecular formula is C68H48BrN3. The van der Waals surface area contributed by atoms with Crippen molar-refractivity contribution in [2.24, 2.45) is 0 Å². The molecule has 0 radical (unpaired) electrons. The van der Waals surface area contributed by atoms with E-state index in [-0.39, 0.29) is 0 Å². The van der Waals surface area contributed by atoms with Crippen molar-refractivity contribution in [2.75, 3.05) is 4.90 Å². The fourth-order valence-electron chi connectivity index (χ4n) is 9.23. The van der Waals surface area contributed by atoms with Gasteiger partial charge in [0, 0.05) is 46.3 Å². The molecule has 11 rings (SSSR count). The van der Waals surface area contributed by atoms with Crippen LogP contribution in [0.3, 0.4) is 0 Å². The fourth-order valence-corrected chi connectivity index (χ4v) is 9.71. The number of anilines is 3. The Morgan fingerprint density at radius 3 is 0.806 bits per heavy atom. The second kappa shape index (κ2) is 21.4. The van der Waals surface area contributed by atoms with Crippen LogP contribution in [0.1, 0.15) is 55.6 Å². The zero-order chi connectivity index (χ0) is 48.5. The zero-order valence-corrected chi connectivity index (χ0v) is 41.0. The summed E-state index contributed by atoms with van der Waals surface area (Å²) in [7, 11) is 0. The molecule has 0 atom stereocenters. The van der Waals surface area contributed by atoms with Crippen LogP contribution < -0.4 is 4.90 Å². The molecule has 0 N–H and O–H groups in total.